The van der Waals surface area contributed by atoms with Gasteiger partial charge in [0.05, 0.1) is 6.04 Å². The first kappa shape index (κ1) is 12.6. The average Bonchev–Trinajstić information content (AvgIpc) is 2.30. The van der Waals surface area contributed by atoms with Gasteiger partial charge >= 0.3 is 0 Å². The minimum Gasteiger partial charge on any atom is -0.399 e. The number of nitrogens with two attached hydrogens (primary N) is 1. The molecule has 17 heavy (non-hydrogen) atoms. The molecule has 1 atom stereocenters. The highest BCUT2D eigenvalue weighted by Crippen LogP contribution is 2.23. The summed E-state index contributed by atoms with van der Waals surface area (Å²) in [4.78, 5) is 8.92. The second-order valence-electron chi connectivity index (χ2n) is 5.45. The summed E-state index contributed by atoms with van der Waals surface area (Å²) in [7, 11) is 4.31. The lowest BCUT2D eigenvalue weighted by atomic mass is 9.94. The highest BCUT2D eigenvalue weighted by Gasteiger charge is 2.26. The molecule has 2 rings (SSSR count). The van der Waals surface area contributed by atoms with E-state index in [4.69, 9.17) is 5.73 Å². The molecule has 2 aliphatic heterocycles. The van der Waals surface area contributed by atoms with Crippen LogP contribution in [0.4, 0.5) is 0 Å². The summed E-state index contributed by atoms with van der Waals surface area (Å²) in [6.07, 6.45) is 7.34. The Morgan fingerprint density at radius 3 is 2.71 bits per heavy atom. The second kappa shape index (κ2) is 5.65. The summed E-state index contributed by atoms with van der Waals surface area (Å²) < 4.78 is 0. The molecule has 4 heteroatoms. The van der Waals surface area contributed by atoms with Crippen LogP contribution >= 0.6 is 0 Å². The number of rotatable bonds is 3. The standard InChI is InChI=1S/C13H24N4/c1-16(2)10-11-4-7-17(8-5-11)13-3-6-15-9-12(13)14/h6,9,11,13H,3-5,7-8,10,14H2,1-2H3. The van der Waals surface area contributed by atoms with Crippen molar-refractivity contribution in [1.29, 1.82) is 0 Å². The molecule has 1 fully saturated rings. The summed E-state index contributed by atoms with van der Waals surface area (Å²) in [5.41, 5.74) is 6.95. The monoisotopic (exact) mass is 236 g/mol. The van der Waals surface area contributed by atoms with Gasteiger partial charge in [-0.2, -0.15) is 0 Å². The van der Waals surface area contributed by atoms with Gasteiger partial charge in [-0.15, -0.1) is 0 Å². The molecule has 0 radical (unpaired) electrons. The van der Waals surface area contributed by atoms with Crippen LogP contribution in [0.5, 0.6) is 0 Å². The molecule has 0 spiro atoms. The quantitative estimate of drug-likeness (QED) is 0.792. The Labute approximate surface area is 104 Å². The van der Waals surface area contributed by atoms with Crippen molar-refractivity contribution in [1.82, 2.24) is 9.80 Å². The fraction of sp³-hybridized carbons (Fsp3) is 0.769. The predicted molar refractivity (Wildman–Crippen MR) is 72.0 cm³/mol. The SMILES string of the molecule is CN(C)CC1CCN(C2CC=NC=C2N)CC1. The maximum Gasteiger partial charge on any atom is 0.0558 e. The lowest BCUT2D eigenvalue weighted by Gasteiger charge is -2.38. The lowest BCUT2D eigenvalue weighted by Crippen LogP contribution is -2.46. The Morgan fingerprint density at radius 1 is 1.41 bits per heavy atom. The van der Waals surface area contributed by atoms with E-state index in [1.165, 1.54) is 32.5 Å². The summed E-state index contributed by atoms with van der Waals surface area (Å²) in [6, 6.07) is 0.396. The zero-order valence-electron chi connectivity index (χ0n) is 11.0. The van der Waals surface area contributed by atoms with Crippen LogP contribution < -0.4 is 5.73 Å². The molecule has 1 saturated heterocycles. The summed E-state index contributed by atoms with van der Waals surface area (Å²) in [6.45, 7) is 3.56. The summed E-state index contributed by atoms with van der Waals surface area (Å²) in [5, 5.41) is 0. The van der Waals surface area contributed by atoms with Crippen molar-refractivity contribution in [3.8, 4) is 0 Å². The van der Waals surface area contributed by atoms with Gasteiger partial charge in [-0.1, -0.05) is 0 Å². The molecule has 0 aromatic rings. The van der Waals surface area contributed by atoms with Crippen LogP contribution in [0.25, 0.3) is 0 Å². The van der Waals surface area contributed by atoms with Crippen LogP contribution in [0.2, 0.25) is 0 Å². The normalized spacial score (nSPS) is 27.5. The minimum absolute atomic E-state index is 0.396. The van der Waals surface area contributed by atoms with Gasteiger partial charge in [-0.3, -0.25) is 9.89 Å². The molecular weight excluding hydrogens is 212 g/mol. The van der Waals surface area contributed by atoms with Crippen molar-refractivity contribution in [2.45, 2.75) is 25.3 Å². The van der Waals surface area contributed by atoms with Gasteiger partial charge in [0.2, 0.25) is 0 Å². The van der Waals surface area contributed by atoms with Gasteiger partial charge in [0.1, 0.15) is 0 Å². The number of hydrogen-bond donors (Lipinski definition) is 1. The van der Waals surface area contributed by atoms with Crippen molar-refractivity contribution >= 4 is 6.21 Å². The fourth-order valence-electron chi connectivity index (χ4n) is 2.85. The molecule has 1 unspecified atom stereocenters. The molecule has 0 aromatic heterocycles. The molecule has 0 saturated carbocycles. The lowest BCUT2D eigenvalue weighted by molar-refractivity contribution is 0.135. The Morgan fingerprint density at radius 2 is 2.12 bits per heavy atom. The second-order valence-corrected chi connectivity index (χ2v) is 5.45. The maximum atomic E-state index is 6.02. The third kappa shape index (κ3) is 3.30. The van der Waals surface area contributed by atoms with Gasteiger partial charge in [-0.05, 0) is 45.9 Å². The molecule has 2 N–H and O–H groups in total. The smallest absolute Gasteiger partial charge is 0.0558 e. The van der Waals surface area contributed by atoms with Gasteiger partial charge < -0.3 is 10.6 Å². The van der Waals surface area contributed by atoms with Crippen LogP contribution in [0.1, 0.15) is 19.3 Å². The maximum absolute atomic E-state index is 6.02. The van der Waals surface area contributed by atoms with Gasteiger partial charge in [-0.25, -0.2) is 0 Å². The highest BCUT2D eigenvalue weighted by atomic mass is 15.2. The molecule has 2 aliphatic rings. The number of hydrogen-bond acceptors (Lipinski definition) is 4. The van der Waals surface area contributed by atoms with E-state index < -0.39 is 0 Å². The first-order valence-corrected chi connectivity index (χ1v) is 6.52. The molecule has 96 valence electrons. The van der Waals surface area contributed by atoms with E-state index in [1.807, 2.05) is 6.21 Å². The van der Waals surface area contributed by atoms with E-state index >= 15 is 0 Å². The first-order valence-electron chi connectivity index (χ1n) is 6.52. The van der Waals surface area contributed by atoms with Gasteiger partial charge in [0, 0.05) is 31.1 Å². The Kier molecular flexibility index (Phi) is 4.18. The van der Waals surface area contributed by atoms with E-state index in [1.54, 1.807) is 6.20 Å². The molecule has 0 aromatic carbocycles. The Balaban J connectivity index is 1.83. The number of aliphatic imine (C=N–C) groups is 1. The summed E-state index contributed by atoms with van der Waals surface area (Å²) in [5.74, 6) is 0.851. The first-order chi connectivity index (χ1) is 8.16. The van der Waals surface area contributed by atoms with Gasteiger partial charge in [0.25, 0.3) is 0 Å². The molecule has 0 amide bonds. The van der Waals surface area contributed by atoms with Crippen LogP contribution in [-0.4, -0.2) is 55.8 Å². The number of likely N-dealkylation sites (tertiary alicyclic amines) is 1. The zero-order chi connectivity index (χ0) is 12.3. The van der Waals surface area contributed by atoms with Crippen molar-refractivity contribution in [3.63, 3.8) is 0 Å². The largest absolute Gasteiger partial charge is 0.399 e. The third-order valence-corrected chi connectivity index (χ3v) is 3.76. The van der Waals surface area contributed by atoms with Crippen LogP contribution in [0.15, 0.2) is 16.9 Å². The number of piperidine rings is 1. The Hall–Kier alpha value is -0.870. The minimum atomic E-state index is 0.396. The van der Waals surface area contributed by atoms with E-state index in [0.29, 0.717) is 6.04 Å². The Bertz CT molecular complexity index is 301. The molecule has 0 bridgehead atoms. The number of nitrogens with zero attached hydrogens (tertiary/aromatic N) is 3. The van der Waals surface area contributed by atoms with Crippen LogP contribution in [-0.2, 0) is 0 Å². The van der Waals surface area contributed by atoms with Crippen molar-refractivity contribution in [2.75, 3.05) is 33.7 Å². The average molecular weight is 236 g/mol. The molecular formula is C13H24N4. The molecule has 2 heterocycles. The van der Waals surface area contributed by atoms with Crippen molar-refractivity contribution < 1.29 is 0 Å². The fourth-order valence-corrected chi connectivity index (χ4v) is 2.85. The zero-order valence-corrected chi connectivity index (χ0v) is 11.0. The molecule has 0 aliphatic carbocycles. The van der Waals surface area contributed by atoms with Crippen molar-refractivity contribution in [3.05, 3.63) is 11.9 Å². The van der Waals surface area contributed by atoms with E-state index in [9.17, 15) is 0 Å². The van der Waals surface area contributed by atoms with E-state index in [0.717, 1.165) is 18.0 Å². The predicted octanol–water partition coefficient (Wildman–Crippen LogP) is 0.903. The summed E-state index contributed by atoms with van der Waals surface area (Å²) >= 11 is 0. The van der Waals surface area contributed by atoms with Crippen LogP contribution in [0.3, 0.4) is 0 Å². The van der Waals surface area contributed by atoms with Crippen LogP contribution in [0, 0.1) is 5.92 Å². The van der Waals surface area contributed by atoms with E-state index in [-0.39, 0.29) is 0 Å². The van der Waals surface area contributed by atoms with Gasteiger partial charge in [0.15, 0.2) is 0 Å². The highest BCUT2D eigenvalue weighted by molar-refractivity contribution is 5.61. The van der Waals surface area contributed by atoms with Crippen molar-refractivity contribution in [2.24, 2.45) is 16.6 Å². The molecule has 4 nitrogen and oxygen atoms in total. The topological polar surface area (TPSA) is 44.9 Å². The third-order valence-electron chi connectivity index (χ3n) is 3.76. The van der Waals surface area contributed by atoms with E-state index in [2.05, 4.69) is 28.9 Å².